The third-order valence-electron chi connectivity index (χ3n) is 3.37. The first kappa shape index (κ1) is 9.97. The van der Waals surface area contributed by atoms with Gasteiger partial charge in [0.25, 0.3) is 0 Å². The molecule has 1 aromatic rings. The summed E-state index contributed by atoms with van der Waals surface area (Å²) in [6.45, 7) is 5.04. The van der Waals surface area contributed by atoms with Crippen LogP contribution in [0.1, 0.15) is 18.4 Å². The average molecular weight is 218 g/mol. The zero-order chi connectivity index (χ0) is 10.8. The highest BCUT2D eigenvalue weighted by Gasteiger charge is 2.15. The van der Waals surface area contributed by atoms with Gasteiger partial charge in [0.15, 0.2) is 0 Å². The van der Waals surface area contributed by atoms with Crippen molar-refractivity contribution in [3.63, 3.8) is 0 Å². The number of fused-ring (bicyclic) bond motifs is 1. The van der Waals surface area contributed by atoms with Gasteiger partial charge < -0.3 is 15.0 Å². The van der Waals surface area contributed by atoms with Gasteiger partial charge in [-0.2, -0.15) is 0 Å². The van der Waals surface area contributed by atoms with Gasteiger partial charge in [0.1, 0.15) is 12.4 Å². The SMILES string of the molecule is c1cc2c(cc1N1CCCC1)CNCCO2. The number of hydrogen-bond donors (Lipinski definition) is 1. The van der Waals surface area contributed by atoms with Gasteiger partial charge in [0.2, 0.25) is 0 Å². The van der Waals surface area contributed by atoms with Crippen molar-refractivity contribution in [2.24, 2.45) is 0 Å². The van der Waals surface area contributed by atoms with Crippen molar-refractivity contribution in [3.05, 3.63) is 23.8 Å². The molecule has 3 rings (SSSR count). The third-order valence-corrected chi connectivity index (χ3v) is 3.37. The van der Waals surface area contributed by atoms with Crippen LogP contribution in [0.15, 0.2) is 18.2 Å². The minimum atomic E-state index is 0.774. The van der Waals surface area contributed by atoms with E-state index in [0.29, 0.717) is 0 Å². The van der Waals surface area contributed by atoms with E-state index in [9.17, 15) is 0 Å². The fraction of sp³-hybridized carbons (Fsp3) is 0.538. The molecule has 2 aliphatic heterocycles. The number of nitrogens with zero attached hydrogens (tertiary/aromatic N) is 1. The Hall–Kier alpha value is -1.22. The second kappa shape index (κ2) is 4.34. The number of benzene rings is 1. The van der Waals surface area contributed by atoms with Gasteiger partial charge in [-0.1, -0.05) is 0 Å². The zero-order valence-corrected chi connectivity index (χ0v) is 9.54. The Morgan fingerprint density at radius 1 is 1.19 bits per heavy atom. The Morgan fingerprint density at radius 2 is 2.06 bits per heavy atom. The molecule has 0 aliphatic carbocycles. The van der Waals surface area contributed by atoms with E-state index in [2.05, 4.69) is 28.4 Å². The molecule has 0 saturated carbocycles. The maximum absolute atomic E-state index is 5.69. The summed E-state index contributed by atoms with van der Waals surface area (Å²) in [7, 11) is 0. The quantitative estimate of drug-likeness (QED) is 0.777. The predicted molar refractivity (Wildman–Crippen MR) is 65.1 cm³/mol. The first-order valence-electron chi connectivity index (χ1n) is 6.15. The van der Waals surface area contributed by atoms with E-state index in [1.807, 2.05) is 0 Å². The molecule has 86 valence electrons. The van der Waals surface area contributed by atoms with Crippen molar-refractivity contribution in [2.45, 2.75) is 19.4 Å². The molecule has 16 heavy (non-hydrogen) atoms. The van der Waals surface area contributed by atoms with E-state index >= 15 is 0 Å². The Labute approximate surface area is 96.4 Å². The number of hydrogen-bond acceptors (Lipinski definition) is 3. The van der Waals surface area contributed by atoms with E-state index in [1.54, 1.807) is 0 Å². The summed E-state index contributed by atoms with van der Waals surface area (Å²) in [6, 6.07) is 6.59. The lowest BCUT2D eigenvalue weighted by molar-refractivity contribution is 0.326. The van der Waals surface area contributed by atoms with Crippen LogP contribution in [0.3, 0.4) is 0 Å². The van der Waals surface area contributed by atoms with Crippen molar-refractivity contribution >= 4 is 5.69 Å². The fourth-order valence-electron chi connectivity index (χ4n) is 2.47. The topological polar surface area (TPSA) is 24.5 Å². The highest BCUT2D eigenvalue weighted by molar-refractivity contribution is 5.54. The van der Waals surface area contributed by atoms with Gasteiger partial charge in [-0.15, -0.1) is 0 Å². The van der Waals surface area contributed by atoms with E-state index in [-0.39, 0.29) is 0 Å². The van der Waals surface area contributed by atoms with Crippen molar-refractivity contribution in [2.75, 3.05) is 31.1 Å². The molecule has 1 saturated heterocycles. The smallest absolute Gasteiger partial charge is 0.123 e. The number of rotatable bonds is 1. The molecule has 0 atom stereocenters. The molecule has 0 aromatic heterocycles. The van der Waals surface area contributed by atoms with Crippen LogP contribution in [0.2, 0.25) is 0 Å². The molecular formula is C13H18N2O. The minimum absolute atomic E-state index is 0.774. The van der Waals surface area contributed by atoms with Crippen LogP contribution in [0.5, 0.6) is 5.75 Å². The van der Waals surface area contributed by atoms with E-state index < -0.39 is 0 Å². The normalized spacial score (nSPS) is 20.1. The summed E-state index contributed by atoms with van der Waals surface area (Å²) in [5.41, 5.74) is 2.64. The van der Waals surface area contributed by atoms with Crippen LogP contribution in [0.4, 0.5) is 5.69 Å². The van der Waals surface area contributed by atoms with Gasteiger partial charge in [0, 0.05) is 37.4 Å². The summed E-state index contributed by atoms with van der Waals surface area (Å²) in [4.78, 5) is 2.46. The largest absolute Gasteiger partial charge is 0.492 e. The van der Waals surface area contributed by atoms with Crippen LogP contribution in [-0.4, -0.2) is 26.2 Å². The first-order valence-corrected chi connectivity index (χ1v) is 6.15. The molecule has 0 radical (unpaired) electrons. The Bertz CT molecular complexity index is 372. The van der Waals surface area contributed by atoms with Crippen molar-refractivity contribution < 1.29 is 4.74 Å². The average Bonchev–Trinajstić information content (AvgIpc) is 2.74. The zero-order valence-electron chi connectivity index (χ0n) is 9.54. The minimum Gasteiger partial charge on any atom is -0.492 e. The molecule has 2 heterocycles. The summed E-state index contributed by atoms with van der Waals surface area (Å²) < 4.78 is 5.69. The molecule has 0 amide bonds. The Balaban J connectivity index is 1.88. The van der Waals surface area contributed by atoms with Crippen molar-refractivity contribution in [1.29, 1.82) is 0 Å². The molecule has 0 unspecified atom stereocenters. The van der Waals surface area contributed by atoms with Gasteiger partial charge >= 0.3 is 0 Å². The molecule has 0 spiro atoms. The molecular weight excluding hydrogens is 200 g/mol. The maximum Gasteiger partial charge on any atom is 0.123 e. The molecule has 3 heteroatoms. The summed E-state index contributed by atoms with van der Waals surface area (Å²) >= 11 is 0. The molecule has 1 fully saturated rings. The molecule has 3 nitrogen and oxygen atoms in total. The fourth-order valence-corrected chi connectivity index (χ4v) is 2.47. The summed E-state index contributed by atoms with van der Waals surface area (Å²) in [5.74, 6) is 1.05. The van der Waals surface area contributed by atoms with Crippen LogP contribution < -0.4 is 15.0 Å². The molecule has 2 aliphatic rings. The molecule has 1 N–H and O–H groups in total. The lowest BCUT2D eigenvalue weighted by atomic mass is 10.1. The summed E-state index contributed by atoms with van der Waals surface area (Å²) in [6.07, 6.45) is 2.65. The lowest BCUT2D eigenvalue weighted by Gasteiger charge is -2.19. The van der Waals surface area contributed by atoms with E-state index in [4.69, 9.17) is 4.74 Å². The number of nitrogens with one attached hydrogen (secondary N) is 1. The Morgan fingerprint density at radius 3 is 2.94 bits per heavy atom. The molecule has 0 bridgehead atoms. The highest BCUT2D eigenvalue weighted by atomic mass is 16.5. The third kappa shape index (κ3) is 1.87. The van der Waals surface area contributed by atoms with Crippen LogP contribution >= 0.6 is 0 Å². The van der Waals surface area contributed by atoms with Crippen LogP contribution in [0.25, 0.3) is 0 Å². The van der Waals surface area contributed by atoms with Crippen LogP contribution in [0, 0.1) is 0 Å². The van der Waals surface area contributed by atoms with E-state index in [1.165, 1.54) is 37.2 Å². The monoisotopic (exact) mass is 218 g/mol. The number of anilines is 1. The maximum atomic E-state index is 5.69. The second-order valence-electron chi connectivity index (χ2n) is 4.51. The van der Waals surface area contributed by atoms with Gasteiger partial charge in [-0.25, -0.2) is 0 Å². The van der Waals surface area contributed by atoms with Gasteiger partial charge in [-0.05, 0) is 31.0 Å². The van der Waals surface area contributed by atoms with Crippen molar-refractivity contribution in [1.82, 2.24) is 5.32 Å². The van der Waals surface area contributed by atoms with Crippen LogP contribution in [-0.2, 0) is 6.54 Å². The van der Waals surface area contributed by atoms with Gasteiger partial charge in [0.05, 0.1) is 0 Å². The lowest BCUT2D eigenvalue weighted by Crippen LogP contribution is -2.18. The van der Waals surface area contributed by atoms with E-state index in [0.717, 1.165) is 25.4 Å². The van der Waals surface area contributed by atoms with Gasteiger partial charge in [-0.3, -0.25) is 0 Å². The first-order chi connectivity index (χ1) is 7.93. The highest BCUT2D eigenvalue weighted by Crippen LogP contribution is 2.28. The molecule has 1 aromatic carbocycles. The summed E-state index contributed by atoms with van der Waals surface area (Å²) in [5, 5.41) is 3.38. The Kier molecular flexibility index (Phi) is 2.70. The van der Waals surface area contributed by atoms with Crippen molar-refractivity contribution in [3.8, 4) is 5.75 Å². The second-order valence-corrected chi connectivity index (χ2v) is 4.51. The predicted octanol–water partition coefficient (Wildman–Crippen LogP) is 1.77. The number of ether oxygens (including phenoxy) is 1. The standard InChI is InChI=1S/C13H18N2O/c1-2-7-15(6-1)12-3-4-13-11(9-12)10-14-5-8-16-13/h3-4,9,14H,1-2,5-8,10H2.